The van der Waals surface area contributed by atoms with Crippen molar-refractivity contribution in [2.45, 2.75) is 6.61 Å². The number of carbonyl (C=O) groups is 1. The van der Waals surface area contributed by atoms with Crippen molar-refractivity contribution in [2.24, 2.45) is 5.73 Å². The summed E-state index contributed by atoms with van der Waals surface area (Å²) in [7, 11) is -3.26. The standard InChI is InChI=1S/C14H20FN5O4S/c1-25(22,23)20-7-5-19(6-8-20)11-4-2-3-10(12(11)15)9-24-14(21)18-13(16)17/h2-4H,5-9H2,1H3,(H4,16,17,18,21). The maximum atomic E-state index is 14.6. The van der Waals surface area contributed by atoms with Crippen molar-refractivity contribution in [1.29, 1.82) is 5.41 Å². The van der Waals surface area contributed by atoms with Gasteiger partial charge in [-0.1, -0.05) is 12.1 Å². The van der Waals surface area contributed by atoms with Gasteiger partial charge in [0.1, 0.15) is 6.61 Å². The van der Waals surface area contributed by atoms with Gasteiger partial charge in [0, 0.05) is 31.7 Å². The number of rotatable bonds is 4. The zero-order valence-electron chi connectivity index (χ0n) is 13.7. The van der Waals surface area contributed by atoms with E-state index in [1.54, 1.807) is 17.0 Å². The second-order valence-electron chi connectivity index (χ2n) is 5.51. The Balaban J connectivity index is 2.04. The van der Waals surface area contributed by atoms with E-state index in [1.165, 1.54) is 10.4 Å². The van der Waals surface area contributed by atoms with Crippen LogP contribution < -0.4 is 16.0 Å². The summed E-state index contributed by atoms with van der Waals surface area (Å²) in [5.74, 6) is -1.10. The fourth-order valence-electron chi connectivity index (χ4n) is 2.47. The molecular formula is C14H20FN5O4S. The van der Waals surface area contributed by atoms with Crippen LogP contribution in [0.15, 0.2) is 18.2 Å². The number of sulfonamides is 1. The summed E-state index contributed by atoms with van der Waals surface area (Å²) in [6.07, 6.45) is 0.201. The first-order chi connectivity index (χ1) is 11.7. The first kappa shape index (κ1) is 18.9. The first-order valence-corrected chi connectivity index (χ1v) is 9.28. The number of amides is 1. The Hall–Kier alpha value is -2.40. The Morgan fingerprint density at radius 1 is 1.36 bits per heavy atom. The molecule has 0 bridgehead atoms. The normalized spacial score (nSPS) is 15.7. The van der Waals surface area contributed by atoms with E-state index < -0.39 is 27.9 Å². The highest BCUT2D eigenvalue weighted by Gasteiger charge is 2.25. The second kappa shape index (κ2) is 7.66. The number of ether oxygens (including phenoxy) is 1. The summed E-state index contributed by atoms with van der Waals surface area (Å²) in [5.41, 5.74) is 5.49. The molecule has 9 nitrogen and oxygen atoms in total. The van der Waals surface area contributed by atoms with Gasteiger partial charge in [0.25, 0.3) is 0 Å². The van der Waals surface area contributed by atoms with Crippen LogP contribution in [-0.2, 0) is 21.4 Å². The first-order valence-electron chi connectivity index (χ1n) is 7.43. The maximum Gasteiger partial charge on any atom is 0.414 e. The minimum Gasteiger partial charge on any atom is -0.444 e. The lowest BCUT2D eigenvalue weighted by Gasteiger charge is -2.35. The van der Waals surface area contributed by atoms with Crippen molar-refractivity contribution in [1.82, 2.24) is 9.62 Å². The smallest absolute Gasteiger partial charge is 0.414 e. The van der Waals surface area contributed by atoms with Crippen molar-refractivity contribution in [2.75, 3.05) is 37.3 Å². The zero-order valence-corrected chi connectivity index (χ0v) is 14.5. The van der Waals surface area contributed by atoms with Crippen molar-refractivity contribution in [3.8, 4) is 0 Å². The Bertz CT molecular complexity index is 762. The lowest BCUT2D eigenvalue weighted by molar-refractivity contribution is 0.143. The van der Waals surface area contributed by atoms with E-state index in [1.807, 2.05) is 5.32 Å². The quantitative estimate of drug-likeness (QED) is 0.504. The summed E-state index contributed by atoms with van der Waals surface area (Å²) >= 11 is 0. The minimum atomic E-state index is -3.26. The number of hydrogen-bond donors (Lipinski definition) is 3. The monoisotopic (exact) mass is 373 g/mol. The average molecular weight is 373 g/mol. The molecule has 1 amide bonds. The number of nitrogens with zero attached hydrogens (tertiary/aromatic N) is 2. The fraction of sp³-hybridized carbons (Fsp3) is 0.429. The highest BCUT2D eigenvalue weighted by Crippen LogP contribution is 2.24. The summed E-state index contributed by atoms with van der Waals surface area (Å²) in [6.45, 7) is 0.959. The van der Waals surface area contributed by atoms with Crippen molar-refractivity contribution in [3.63, 3.8) is 0 Å². The van der Waals surface area contributed by atoms with Crippen LogP contribution in [0.5, 0.6) is 0 Å². The molecule has 0 saturated carbocycles. The molecule has 1 aromatic carbocycles. The third-order valence-corrected chi connectivity index (χ3v) is 5.01. The minimum absolute atomic E-state index is 0.168. The van der Waals surface area contributed by atoms with E-state index in [0.29, 0.717) is 18.8 Å². The van der Waals surface area contributed by atoms with Gasteiger partial charge in [-0.2, -0.15) is 4.31 Å². The molecule has 0 radical (unpaired) electrons. The Labute approximate surface area is 145 Å². The average Bonchev–Trinajstić information content (AvgIpc) is 2.52. The van der Waals surface area contributed by atoms with Crippen LogP contribution in [-0.4, -0.2) is 57.2 Å². The number of anilines is 1. The van der Waals surface area contributed by atoms with Crippen LogP contribution in [0.25, 0.3) is 0 Å². The molecule has 1 aromatic rings. The number of halogens is 1. The Morgan fingerprint density at radius 2 is 2.00 bits per heavy atom. The predicted octanol–water partition coefficient (Wildman–Crippen LogP) is 0.0270. The van der Waals surface area contributed by atoms with Crippen LogP contribution in [0.2, 0.25) is 0 Å². The van der Waals surface area contributed by atoms with Crippen LogP contribution in [0.4, 0.5) is 14.9 Å². The molecule has 11 heteroatoms. The van der Waals surface area contributed by atoms with Gasteiger partial charge in [0.2, 0.25) is 10.0 Å². The summed E-state index contributed by atoms with van der Waals surface area (Å²) < 4.78 is 43.9. The van der Waals surface area contributed by atoms with Gasteiger partial charge in [-0.05, 0) is 6.07 Å². The molecule has 0 spiro atoms. The van der Waals surface area contributed by atoms with Crippen LogP contribution in [0.1, 0.15) is 5.56 Å². The number of hydrogen-bond acceptors (Lipinski definition) is 6. The Kier molecular flexibility index (Phi) is 5.80. The number of guanidine groups is 1. The van der Waals surface area contributed by atoms with Gasteiger partial charge < -0.3 is 15.4 Å². The summed E-state index contributed by atoms with van der Waals surface area (Å²) in [5, 5.41) is 8.85. The van der Waals surface area contributed by atoms with Gasteiger partial charge in [-0.3, -0.25) is 10.7 Å². The molecule has 1 heterocycles. The molecule has 0 unspecified atom stereocenters. The van der Waals surface area contributed by atoms with E-state index in [0.717, 1.165) is 6.26 Å². The lowest BCUT2D eigenvalue weighted by Crippen LogP contribution is -2.48. The van der Waals surface area contributed by atoms with Crippen molar-refractivity contribution >= 4 is 27.8 Å². The number of alkyl carbamates (subject to hydrolysis) is 1. The SMILES string of the molecule is CS(=O)(=O)N1CCN(c2cccc(COC(=O)NC(=N)N)c2F)CC1. The van der Waals surface area contributed by atoms with Crippen LogP contribution in [0.3, 0.4) is 0 Å². The third kappa shape index (κ3) is 5.03. The van der Waals surface area contributed by atoms with Gasteiger partial charge >= 0.3 is 6.09 Å². The molecule has 0 atom stereocenters. The highest BCUT2D eigenvalue weighted by molar-refractivity contribution is 7.88. The number of piperazine rings is 1. The molecule has 1 aliphatic heterocycles. The van der Waals surface area contributed by atoms with Gasteiger partial charge in [0.15, 0.2) is 11.8 Å². The van der Waals surface area contributed by atoms with Gasteiger partial charge in [-0.25, -0.2) is 17.6 Å². The number of nitrogens with two attached hydrogens (primary N) is 1. The number of benzene rings is 1. The molecule has 138 valence electrons. The topological polar surface area (TPSA) is 129 Å². The van der Waals surface area contributed by atoms with Crippen LogP contribution in [0, 0.1) is 11.2 Å². The molecule has 0 aliphatic carbocycles. The third-order valence-electron chi connectivity index (χ3n) is 3.70. The van der Waals surface area contributed by atoms with Gasteiger partial charge in [-0.15, -0.1) is 0 Å². The van der Waals surface area contributed by atoms with E-state index in [4.69, 9.17) is 15.9 Å². The van der Waals surface area contributed by atoms with E-state index >= 15 is 0 Å². The summed E-state index contributed by atoms with van der Waals surface area (Å²) in [6, 6.07) is 4.69. The highest BCUT2D eigenvalue weighted by atomic mass is 32.2. The van der Waals surface area contributed by atoms with E-state index in [9.17, 15) is 17.6 Å². The van der Waals surface area contributed by atoms with E-state index in [2.05, 4.69) is 0 Å². The maximum absolute atomic E-state index is 14.6. The Morgan fingerprint density at radius 3 is 2.56 bits per heavy atom. The van der Waals surface area contributed by atoms with Gasteiger partial charge in [0.05, 0.1) is 11.9 Å². The molecule has 4 N–H and O–H groups in total. The number of nitrogens with one attached hydrogen (secondary N) is 2. The van der Waals surface area contributed by atoms with E-state index in [-0.39, 0.29) is 25.3 Å². The zero-order chi connectivity index (χ0) is 18.6. The van der Waals surface area contributed by atoms with Crippen molar-refractivity contribution < 1.29 is 22.3 Å². The lowest BCUT2D eigenvalue weighted by atomic mass is 10.1. The van der Waals surface area contributed by atoms with Crippen molar-refractivity contribution in [3.05, 3.63) is 29.6 Å². The molecule has 1 fully saturated rings. The fourth-order valence-corrected chi connectivity index (χ4v) is 3.30. The molecule has 1 aliphatic rings. The predicted molar refractivity (Wildman–Crippen MR) is 90.3 cm³/mol. The second-order valence-corrected chi connectivity index (χ2v) is 7.50. The molecule has 0 aromatic heterocycles. The molecule has 25 heavy (non-hydrogen) atoms. The van der Waals surface area contributed by atoms with Crippen LogP contribution >= 0.6 is 0 Å². The number of carbonyl (C=O) groups excluding carboxylic acids is 1. The molecular weight excluding hydrogens is 353 g/mol. The summed E-state index contributed by atoms with van der Waals surface area (Å²) in [4.78, 5) is 13.1. The molecule has 2 rings (SSSR count). The molecule has 1 saturated heterocycles. The largest absolute Gasteiger partial charge is 0.444 e.